The van der Waals surface area contributed by atoms with Crippen LogP contribution in [0.25, 0.3) is 16.5 Å². The molecule has 10 heteroatoms. The molecule has 0 spiro atoms. The number of halogens is 1. The maximum absolute atomic E-state index is 13.3. The fourth-order valence-corrected chi connectivity index (χ4v) is 6.30. The number of benzene rings is 1. The van der Waals surface area contributed by atoms with Crippen molar-refractivity contribution in [1.82, 2.24) is 19.5 Å². The van der Waals surface area contributed by atoms with Crippen molar-refractivity contribution < 1.29 is 13.9 Å². The molecule has 1 aliphatic rings. The number of hydrogen-bond donors (Lipinski definition) is 1. The second-order valence-corrected chi connectivity index (χ2v) is 9.80. The minimum atomic E-state index is -0.225. The van der Waals surface area contributed by atoms with Gasteiger partial charge in [-0.1, -0.05) is 17.4 Å². The zero-order chi connectivity index (χ0) is 22.4. The monoisotopic (exact) mass is 481 g/mol. The van der Waals surface area contributed by atoms with Crippen LogP contribution in [0.15, 0.2) is 64.6 Å². The molecule has 0 aliphatic carbocycles. The summed E-state index contributed by atoms with van der Waals surface area (Å²) in [5.41, 5.74) is 1.02. The number of aromatic nitrogens is 3. The Bertz CT molecular complexity index is 1350. The van der Waals surface area contributed by atoms with Gasteiger partial charge in [0.05, 0.1) is 17.2 Å². The van der Waals surface area contributed by atoms with Crippen molar-refractivity contribution in [3.63, 3.8) is 0 Å². The topological polar surface area (TPSA) is 70.0 Å². The molecular weight excluding hydrogens is 461 g/mol. The summed E-state index contributed by atoms with van der Waals surface area (Å²) in [4.78, 5) is 11.8. The van der Waals surface area contributed by atoms with Crippen LogP contribution in [0.4, 0.5) is 10.1 Å². The van der Waals surface area contributed by atoms with Crippen LogP contribution in [0.2, 0.25) is 0 Å². The number of aromatic hydroxyl groups is 1. The summed E-state index contributed by atoms with van der Waals surface area (Å²) >= 11 is 3.12. The van der Waals surface area contributed by atoms with E-state index in [-0.39, 0.29) is 17.7 Å². The van der Waals surface area contributed by atoms with Gasteiger partial charge in [0.1, 0.15) is 5.82 Å². The van der Waals surface area contributed by atoms with Crippen molar-refractivity contribution in [3.8, 4) is 17.5 Å². The third-order valence-corrected chi connectivity index (χ3v) is 7.87. The zero-order valence-corrected chi connectivity index (χ0v) is 19.1. The van der Waals surface area contributed by atoms with Gasteiger partial charge < -0.3 is 14.4 Å². The van der Waals surface area contributed by atoms with E-state index in [1.807, 2.05) is 18.2 Å². The fraction of sp³-hybridized carbons (Fsp3) is 0.217. The SMILES string of the molecule is Oc1c(C(c2cccs2)N2CCN(c3ccc(F)cc3)CC2)sc2nc(-c3ccco3)nn12. The minimum Gasteiger partial charge on any atom is -0.492 e. The molecule has 0 saturated carbocycles. The fourth-order valence-electron chi connectivity index (χ4n) is 4.25. The molecule has 0 bridgehead atoms. The molecule has 6 rings (SSSR count). The van der Waals surface area contributed by atoms with E-state index in [4.69, 9.17) is 4.42 Å². The van der Waals surface area contributed by atoms with E-state index in [9.17, 15) is 9.50 Å². The van der Waals surface area contributed by atoms with Gasteiger partial charge >= 0.3 is 0 Å². The van der Waals surface area contributed by atoms with Crippen LogP contribution < -0.4 is 4.90 Å². The molecule has 4 aromatic heterocycles. The Morgan fingerprint density at radius 1 is 1.03 bits per heavy atom. The van der Waals surface area contributed by atoms with E-state index in [0.717, 1.165) is 41.6 Å². The number of thiophene rings is 1. The van der Waals surface area contributed by atoms with Crippen molar-refractivity contribution in [3.05, 3.63) is 75.7 Å². The maximum Gasteiger partial charge on any atom is 0.230 e. The average molecular weight is 482 g/mol. The Kier molecular flexibility index (Phi) is 5.12. The Balaban J connectivity index is 1.30. The highest BCUT2D eigenvalue weighted by molar-refractivity contribution is 7.17. The van der Waals surface area contributed by atoms with Crippen molar-refractivity contribution in [2.45, 2.75) is 6.04 Å². The van der Waals surface area contributed by atoms with E-state index in [1.165, 1.54) is 28.0 Å². The second kappa shape index (κ2) is 8.29. The molecule has 5 heterocycles. The van der Waals surface area contributed by atoms with Gasteiger partial charge in [-0.25, -0.2) is 4.39 Å². The van der Waals surface area contributed by atoms with E-state index in [0.29, 0.717) is 16.5 Å². The molecule has 1 aliphatic heterocycles. The van der Waals surface area contributed by atoms with Gasteiger partial charge in [-0.2, -0.15) is 9.50 Å². The first kappa shape index (κ1) is 20.4. The lowest BCUT2D eigenvalue weighted by atomic mass is 10.1. The third kappa shape index (κ3) is 3.69. The highest BCUT2D eigenvalue weighted by atomic mass is 32.1. The Hall–Kier alpha value is -3.21. The molecule has 1 atom stereocenters. The zero-order valence-electron chi connectivity index (χ0n) is 17.5. The lowest BCUT2D eigenvalue weighted by molar-refractivity contribution is 0.213. The van der Waals surface area contributed by atoms with Gasteiger partial charge in [0.15, 0.2) is 5.76 Å². The Morgan fingerprint density at radius 3 is 2.52 bits per heavy atom. The summed E-state index contributed by atoms with van der Waals surface area (Å²) in [7, 11) is 0. The summed E-state index contributed by atoms with van der Waals surface area (Å²) in [5.74, 6) is 0.907. The second-order valence-electron chi connectivity index (χ2n) is 7.81. The largest absolute Gasteiger partial charge is 0.492 e. The minimum absolute atomic E-state index is 0.0825. The molecule has 7 nitrogen and oxygen atoms in total. The van der Waals surface area contributed by atoms with Gasteiger partial charge in [-0.05, 0) is 47.8 Å². The van der Waals surface area contributed by atoms with Gasteiger partial charge in [0.25, 0.3) is 0 Å². The summed E-state index contributed by atoms with van der Waals surface area (Å²) in [5, 5.41) is 17.6. The smallest absolute Gasteiger partial charge is 0.230 e. The predicted octanol–water partition coefficient (Wildman–Crippen LogP) is 4.87. The van der Waals surface area contributed by atoms with Crippen LogP contribution in [-0.4, -0.2) is 50.8 Å². The van der Waals surface area contributed by atoms with Crippen LogP contribution in [0.5, 0.6) is 5.88 Å². The van der Waals surface area contributed by atoms with Gasteiger partial charge in [-0.15, -0.1) is 16.4 Å². The van der Waals surface area contributed by atoms with Crippen LogP contribution in [0.1, 0.15) is 15.8 Å². The van der Waals surface area contributed by atoms with Crippen molar-refractivity contribution in [2.75, 3.05) is 31.1 Å². The van der Waals surface area contributed by atoms with Gasteiger partial charge in [-0.3, -0.25) is 4.90 Å². The first-order chi connectivity index (χ1) is 16.2. The summed E-state index contributed by atoms with van der Waals surface area (Å²) in [6.07, 6.45) is 1.58. The molecule has 0 amide bonds. The molecule has 1 aromatic carbocycles. The average Bonchev–Trinajstić information content (AvgIpc) is 3.63. The molecule has 1 fully saturated rings. The lowest BCUT2D eigenvalue weighted by Gasteiger charge is -2.39. The van der Waals surface area contributed by atoms with Crippen LogP contribution in [0.3, 0.4) is 0 Å². The van der Waals surface area contributed by atoms with Crippen molar-refractivity contribution in [2.24, 2.45) is 0 Å². The highest BCUT2D eigenvalue weighted by Gasteiger charge is 2.32. The molecule has 1 saturated heterocycles. The first-order valence-electron chi connectivity index (χ1n) is 10.6. The first-order valence-corrected chi connectivity index (χ1v) is 12.3. The van der Waals surface area contributed by atoms with Gasteiger partial charge in [0, 0.05) is 36.7 Å². The summed E-state index contributed by atoms with van der Waals surface area (Å²) in [6.45, 7) is 3.25. The molecule has 168 valence electrons. The van der Waals surface area contributed by atoms with Crippen molar-refractivity contribution in [1.29, 1.82) is 0 Å². The third-order valence-electron chi connectivity index (χ3n) is 5.87. The lowest BCUT2D eigenvalue weighted by Crippen LogP contribution is -2.47. The molecule has 0 radical (unpaired) electrons. The van der Waals surface area contributed by atoms with E-state index in [2.05, 4.69) is 31.3 Å². The number of thiazole rings is 1. The normalized spacial score (nSPS) is 16.0. The molecular formula is C23H20FN5O2S2. The standard InChI is InChI=1S/C23H20FN5O2S2/c24-15-5-7-16(8-6-15)27-9-11-28(12-10-27)19(18-4-2-14-32-18)20-22(30)29-23(33-20)25-21(26-29)17-3-1-13-31-17/h1-8,13-14,19,30H,9-12H2. The molecule has 1 unspecified atom stereocenters. The van der Waals surface area contributed by atoms with E-state index < -0.39 is 0 Å². The maximum atomic E-state index is 13.3. The molecule has 33 heavy (non-hydrogen) atoms. The highest BCUT2D eigenvalue weighted by Crippen LogP contribution is 2.42. The number of piperazine rings is 1. The summed E-state index contributed by atoms with van der Waals surface area (Å²) in [6, 6.07) is 14.3. The van der Waals surface area contributed by atoms with Gasteiger partial charge in [0.2, 0.25) is 16.7 Å². The van der Waals surface area contributed by atoms with Crippen LogP contribution >= 0.6 is 22.7 Å². The number of anilines is 1. The van der Waals surface area contributed by atoms with Crippen LogP contribution in [0, 0.1) is 5.82 Å². The van der Waals surface area contributed by atoms with Crippen LogP contribution in [-0.2, 0) is 0 Å². The Morgan fingerprint density at radius 2 is 1.85 bits per heavy atom. The van der Waals surface area contributed by atoms with E-state index in [1.54, 1.807) is 29.7 Å². The van der Waals surface area contributed by atoms with Crippen molar-refractivity contribution >= 4 is 33.3 Å². The Labute approximate surface area is 197 Å². The quantitative estimate of drug-likeness (QED) is 0.386. The summed E-state index contributed by atoms with van der Waals surface area (Å²) < 4.78 is 20.2. The predicted molar refractivity (Wildman–Crippen MR) is 127 cm³/mol. The number of hydrogen-bond acceptors (Lipinski definition) is 8. The number of nitrogens with zero attached hydrogens (tertiary/aromatic N) is 5. The number of rotatable bonds is 5. The molecule has 1 N–H and O–H groups in total. The van der Waals surface area contributed by atoms with E-state index >= 15 is 0 Å². The number of fused-ring (bicyclic) bond motifs is 1. The molecule has 5 aromatic rings. The number of furan rings is 1.